The molecular formula is C12H15ClN2O4. The Bertz CT molecular complexity index is 453. The molecule has 0 saturated heterocycles. The van der Waals surface area contributed by atoms with Gasteiger partial charge in [-0.2, -0.15) is 0 Å². The molecule has 0 aliphatic heterocycles. The number of aliphatic carboxylic acids is 1. The van der Waals surface area contributed by atoms with Gasteiger partial charge in [-0.3, -0.25) is 4.79 Å². The van der Waals surface area contributed by atoms with E-state index in [4.69, 9.17) is 21.4 Å². The fourth-order valence-corrected chi connectivity index (χ4v) is 1.62. The van der Waals surface area contributed by atoms with E-state index in [1.807, 2.05) is 0 Å². The predicted octanol–water partition coefficient (Wildman–Crippen LogP) is 1.34. The zero-order chi connectivity index (χ0) is 14.3. The van der Waals surface area contributed by atoms with Crippen LogP contribution in [0.3, 0.4) is 0 Å². The highest BCUT2D eigenvalue weighted by molar-refractivity contribution is 6.29. The van der Waals surface area contributed by atoms with Gasteiger partial charge in [0.25, 0.3) is 5.91 Å². The summed E-state index contributed by atoms with van der Waals surface area (Å²) in [5.74, 6) is -1.65. The van der Waals surface area contributed by atoms with Crippen LogP contribution < -0.4 is 5.32 Å². The van der Waals surface area contributed by atoms with Crippen LogP contribution in [0.4, 0.5) is 0 Å². The molecule has 19 heavy (non-hydrogen) atoms. The summed E-state index contributed by atoms with van der Waals surface area (Å²) in [7, 11) is 1.53. The number of pyridine rings is 1. The highest BCUT2D eigenvalue weighted by Crippen LogP contribution is 2.06. The van der Waals surface area contributed by atoms with Crippen LogP contribution in [0.2, 0.25) is 5.15 Å². The minimum Gasteiger partial charge on any atom is -0.480 e. The number of carboxylic acid groups (broad SMARTS) is 1. The lowest BCUT2D eigenvalue weighted by Gasteiger charge is -2.13. The number of halogens is 1. The van der Waals surface area contributed by atoms with Crippen molar-refractivity contribution in [3.8, 4) is 0 Å². The molecule has 104 valence electrons. The van der Waals surface area contributed by atoms with Gasteiger partial charge in [-0.15, -0.1) is 0 Å². The molecule has 0 radical (unpaired) electrons. The van der Waals surface area contributed by atoms with Crippen molar-refractivity contribution in [1.82, 2.24) is 10.3 Å². The summed E-state index contributed by atoms with van der Waals surface area (Å²) in [6, 6.07) is 3.61. The highest BCUT2D eigenvalue weighted by Gasteiger charge is 2.20. The molecule has 1 aromatic heterocycles. The van der Waals surface area contributed by atoms with Gasteiger partial charge in [-0.05, 0) is 25.0 Å². The number of amides is 1. The Hall–Kier alpha value is -1.66. The number of nitrogens with zero attached hydrogens (tertiary/aromatic N) is 1. The molecular weight excluding hydrogens is 272 g/mol. The molecule has 1 rings (SSSR count). The van der Waals surface area contributed by atoms with Crippen LogP contribution in [0.5, 0.6) is 0 Å². The second-order valence-corrected chi connectivity index (χ2v) is 4.23. The van der Waals surface area contributed by atoms with Gasteiger partial charge < -0.3 is 15.2 Å². The molecule has 2 N–H and O–H groups in total. The van der Waals surface area contributed by atoms with Crippen LogP contribution in [0.25, 0.3) is 0 Å². The van der Waals surface area contributed by atoms with Gasteiger partial charge in [0.2, 0.25) is 0 Å². The SMILES string of the molecule is COCCCC(NC(=O)c1cccc(Cl)n1)C(=O)O. The molecule has 1 heterocycles. The van der Waals surface area contributed by atoms with Crippen molar-refractivity contribution in [3.05, 3.63) is 29.0 Å². The fraction of sp³-hybridized carbons (Fsp3) is 0.417. The van der Waals surface area contributed by atoms with E-state index in [1.54, 1.807) is 6.07 Å². The first-order valence-corrected chi connectivity index (χ1v) is 6.07. The van der Waals surface area contributed by atoms with Crippen molar-refractivity contribution in [2.75, 3.05) is 13.7 Å². The smallest absolute Gasteiger partial charge is 0.326 e. The number of carboxylic acids is 1. The van der Waals surface area contributed by atoms with Gasteiger partial charge in [-0.1, -0.05) is 17.7 Å². The molecule has 0 saturated carbocycles. The van der Waals surface area contributed by atoms with E-state index in [-0.39, 0.29) is 17.3 Å². The zero-order valence-electron chi connectivity index (χ0n) is 10.4. The van der Waals surface area contributed by atoms with Crippen LogP contribution in [0.15, 0.2) is 18.2 Å². The van der Waals surface area contributed by atoms with Crippen molar-refractivity contribution < 1.29 is 19.4 Å². The molecule has 1 atom stereocenters. The zero-order valence-corrected chi connectivity index (χ0v) is 11.2. The summed E-state index contributed by atoms with van der Waals surface area (Å²) < 4.78 is 4.84. The Labute approximate surface area is 115 Å². The quantitative estimate of drug-likeness (QED) is 0.583. The van der Waals surface area contributed by atoms with Gasteiger partial charge in [0.05, 0.1) is 0 Å². The Kier molecular flexibility index (Phi) is 6.24. The molecule has 7 heteroatoms. The third kappa shape index (κ3) is 5.23. The van der Waals surface area contributed by atoms with Crippen molar-refractivity contribution >= 4 is 23.5 Å². The van der Waals surface area contributed by atoms with Crippen LogP contribution in [-0.4, -0.2) is 41.7 Å². The molecule has 0 aliphatic carbocycles. The number of methoxy groups -OCH3 is 1. The van der Waals surface area contributed by atoms with Gasteiger partial charge in [-0.25, -0.2) is 9.78 Å². The highest BCUT2D eigenvalue weighted by atomic mass is 35.5. The van der Waals surface area contributed by atoms with E-state index in [1.165, 1.54) is 19.2 Å². The molecule has 0 fully saturated rings. The number of rotatable bonds is 7. The molecule has 1 unspecified atom stereocenters. The van der Waals surface area contributed by atoms with Gasteiger partial charge in [0.1, 0.15) is 16.9 Å². The summed E-state index contributed by atoms with van der Waals surface area (Å²) in [5, 5.41) is 11.6. The summed E-state index contributed by atoms with van der Waals surface area (Å²) >= 11 is 5.67. The lowest BCUT2D eigenvalue weighted by molar-refractivity contribution is -0.139. The summed E-state index contributed by atoms with van der Waals surface area (Å²) in [5.41, 5.74) is 0.0884. The maximum absolute atomic E-state index is 11.8. The monoisotopic (exact) mass is 286 g/mol. The van der Waals surface area contributed by atoms with Gasteiger partial charge in [0, 0.05) is 13.7 Å². The molecule has 1 aromatic rings. The molecule has 0 aromatic carbocycles. The minimum absolute atomic E-state index is 0.0884. The van der Waals surface area contributed by atoms with Crippen molar-refractivity contribution in [2.45, 2.75) is 18.9 Å². The average molecular weight is 287 g/mol. The summed E-state index contributed by atoms with van der Waals surface area (Å²) in [6.45, 7) is 0.440. The van der Waals surface area contributed by atoms with E-state index in [2.05, 4.69) is 10.3 Å². The Morgan fingerprint density at radius 3 is 2.84 bits per heavy atom. The van der Waals surface area contributed by atoms with Crippen LogP contribution in [0, 0.1) is 0 Å². The summed E-state index contributed by atoms with van der Waals surface area (Å²) in [6.07, 6.45) is 0.826. The van der Waals surface area contributed by atoms with Gasteiger partial charge >= 0.3 is 5.97 Å². The fourth-order valence-electron chi connectivity index (χ4n) is 1.46. The Balaban J connectivity index is 2.63. The number of aromatic nitrogens is 1. The molecule has 0 bridgehead atoms. The minimum atomic E-state index is -1.09. The number of carbonyl (C=O) groups is 2. The van der Waals surface area contributed by atoms with Crippen LogP contribution >= 0.6 is 11.6 Å². The van der Waals surface area contributed by atoms with Crippen molar-refractivity contribution in [1.29, 1.82) is 0 Å². The third-order valence-electron chi connectivity index (χ3n) is 2.39. The van der Waals surface area contributed by atoms with E-state index < -0.39 is 17.9 Å². The van der Waals surface area contributed by atoms with E-state index in [0.717, 1.165) is 0 Å². The third-order valence-corrected chi connectivity index (χ3v) is 2.60. The first kappa shape index (κ1) is 15.4. The lowest BCUT2D eigenvalue weighted by atomic mass is 10.1. The number of carbonyl (C=O) groups excluding carboxylic acids is 1. The summed E-state index contributed by atoms with van der Waals surface area (Å²) in [4.78, 5) is 26.7. The first-order valence-electron chi connectivity index (χ1n) is 5.69. The van der Waals surface area contributed by atoms with Crippen molar-refractivity contribution in [3.63, 3.8) is 0 Å². The topological polar surface area (TPSA) is 88.5 Å². The molecule has 1 amide bonds. The van der Waals surface area contributed by atoms with Gasteiger partial charge in [0.15, 0.2) is 0 Å². The van der Waals surface area contributed by atoms with Crippen LogP contribution in [0.1, 0.15) is 23.3 Å². The molecule has 0 spiro atoms. The second-order valence-electron chi connectivity index (χ2n) is 3.84. The second kappa shape index (κ2) is 7.70. The maximum Gasteiger partial charge on any atom is 0.326 e. The Morgan fingerprint density at radius 1 is 1.53 bits per heavy atom. The number of hydrogen-bond acceptors (Lipinski definition) is 4. The molecule has 6 nitrogen and oxygen atoms in total. The molecule has 0 aliphatic rings. The first-order chi connectivity index (χ1) is 9.04. The predicted molar refractivity (Wildman–Crippen MR) is 69.2 cm³/mol. The Morgan fingerprint density at radius 2 is 2.26 bits per heavy atom. The lowest BCUT2D eigenvalue weighted by Crippen LogP contribution is -2.41. The number of nitrogens with one attached hydrogen (secondary N) is 1. The van der Waals surface area contributed by atoms with E-state index in [0.29, 0.717) is 13.0 Å². The largest absolute Gasteiger partial charge is 0.480 e. The van der Waals surface area contributed by atoms with Crippen molar-refractivity contribution in [2.24, 2.45) is 0 Å². The average Bonchev–Trinajstić information content (AvgIpc) is 2.37. The van der Waals surface area contributed by atoms with E-state index in [9.17, 15) is 9.59 Å². The standard InChI is InChI=1S/C12H15ClN2O4/c1-19-7-3-5-9(12(17)18)15-11(16)8-4-2-6-10(13)14-8/h2,4,6,9H,3,5,7H2,1H3,(H,15,16)(H,17,18). The van der Waals surface area contributed by atoms with E-state index >= 15 is 0 Å². The van der Waals surface area contributed by atoms with Crippen LogP contribution in [-0.2, 0) is 9.53 Å². The maximum atomic E-state index is 11.8. The normalized spacial score (nSPS) is 11.9. The number of ether oxygens (including phenoxy) is 1. The number of hydrogen-bond donors (Lipinski definition) is 2.